The van der Waals surface area contributed by atoms with Gasteiger partial charge in [0.2, 0.25) is 0 Å². The smallest absolute Gasteiger partial charge is 0.410 e. The zero-order valence-electron chi connectivity index (χ0n) is 11.5. The van der Waals surface area contributed by atoms with Crippen molar-refractivity contribution in [2.75, 3.05) is 5.32 Å². The third kappa shape index (κ3) is 1.93. The van der Waals surface area contributed by atoms with Gasteiger partial charge in [-0.2, -0.15) is 5.26 Å². The number of amides is 1. The van der Waals surface area contributed by atoms with E-state index in [9.17, 15) is 10.1 Å². The van der Waals surface area contributed by atoms with Gasteiger partial charge in [-0.05, 0) is 18.1 Å². The Morgan fingerprint density at radius 2 is 2.33 bits per heavy atom. The minimum absolute atomic E-state index is 0.0484. The molecule has 2 aromatic rings. The van der Waals surface area contributed by atoms with Crippen LogP contribution < -0.4 is 5.32 Å². The highest BCUT2D eigenvalue weighted by Gasteiger charge is 2.39. The number of carboxylic acid groups (broad SMARTS) is 1. The molecule has 1 unspecified atom stereocenters. The summed E-state index contributed by atoms with van der Waals surface area (Å²) in [6, 6.07) is 5.66. The van der Waals surface area contributed by atoms with Crippen LogP contribution in [0.15, 0.2) is 12.1 Å². The number of nitriles is 1. The highest BCUT2D eigenvalue weighted by atomic mass is 35.5. The molecule has 1 atom stereocenters. The van der Waals surface area contributed by atoms with Gasteiger partial charge in [0.25, 0.3) is 0 Å². The molecule has 0 aliphatic heterocycles. The van der Waals surface area contributed by atoms with E-state index < -0.39 is 6.09 Å². The molecule has 0 saturated heterocycles. The summed E-state index contributed by atoms with van der Waals surface area (Å²) in [5.41, 5.74) is 2.51. The van der Waals surface area contributed by atoms with Gasteiger partial charge in [0.15, 0.2) is 5.82 Å². The average Bonchev–Trinajstić information content (AvgIpc) is 2.83. The Bertz CT molecular complexity index is 803. The van der Waals surface area contributed by atoms with Crippen molar-refractivity contribution in [1.82, 2.24) is 9.61 Å². The van der Waals surface area contributed by atoms with Crippen molar-refractivity contribution >= 4 is 29.0 Å². The minimum Gasteiger partial charge on any atom is -0.465 e. The van der Waals surface area contributed by atoms with Crippen molar-refractivity contribution in [2.24, 2.45) is 0 Å². The van der Waals surface area contributed by atoms with Gasteiger partial charge >= 0.3 is 6.09 Å². The lowest BCUT2D eigenvalue weighted by Crippen LogP contribution is -2.17. The summed E-state index contributed by atoms with van der Waals surface area (Å²) in [5.74, 6) is 0.0484. The second kappa shape index (κ2) is 4.37. The molecule has 1 amide bonds. The Labute approximate surface area is 125 Å². The predicted octanol–water partition coefficient (Wildman–Crippen LogP) is 3.26. The van der Waals surface area contributed by atoms with Crippen molar-refractivity contribution in [2.45, 2.75) is 31.1 Å². The van der Waals surface area contributed by atoms with E-state index in [2.05, 4.69) is 24.3 Å². The van der Waals surface area contributed by atoms with E-state index in [0.717, 1.165) is 17.7 Å². The number of nitrogens with one attached hydrogen (secondary N) is 1. The molecule has 0 saturated carbocycles. The van der Waals surface area contributed by atoms with E-state index in [1.807, 2.05) is 12.1 Å². The molecule has 2 N–H and O–H groups in total. The van der Waals surface area contributed by atoms with Crippen molar-refractivity contribution in [1.29, 1.82) is 5.26 Å². The predicted molar refractivity (Wildman–Crippen MR) is 77.8 cm³/mol. The summed E-state index contributed by atoms with van der Waals surface area (Å²) >= 11 is 6.38. The monoisotopic (exact) mass is 304 g/mol. The molecule has 2 aromatic heterocycles. The molecule has 0 fully saturated rings. The molecule has 0 aromatic carbocycles. The summed E-state index contributed by atoms with van der Waals surface area (Å²) in [6.07, 6.45) is -0.479. The van der Waals surface area contributed by atoms with Crippen LogP contribution >= 0.6 is 11.6 Å². The average molecular weight is 305 g/mol. The first-order chi connectivity index (χ1) is 9.85. The van der Waals surface area contributed by atoms with Crippen molar-refractivity contribution in [3.05, 3.63) is 29.0 Å². The Hall–Kier alpha value is -2.26. The number of hydrogen-bond acceptors (Lipinski definition) is 3. The number of nitrogens with zero attached hydrogens (tertiary/aromatic N) is 3. The Morgan fingerprint density at radius 1 is 1.62 bits per heavy atom. The fraction of sp³-hybridized carbons (Fsp3) is 0.357. The van der Waals surface area contributed by atoms with E-state index in [-0.39, 0.29) is 22.2 Å². The molecule has 1 aliphatic rings. The van der Waals surface area contributed by atoms with E-state index in [0.29, 0.717) is 5.52 Å². The molecule has 2 heterocycles. The largest absolute Gasteiger partial charge is 0.465 e. The van der Waals surface area contributed by atoms with Crippen LogP contribution in [0.5, 0.6) is 0 Å². The van der Waals surface area contributed by atoms with Crippen LogP contribution in [0, 0.1) is 11.3 Å². The Morgan fingerprint density at radius 3 is 2.95 bits per heavy atom. The van der Waals surface area contributed by atoms with E-state index in [4.69, 9.17) is 16.7 Å². The fourth-order valence-electron chi connectivity index (χ4n) is 3.01. The second-order valence-corrected chi connectivity index (χ2v) is 6.28. The van der Waals surface area contributed by atoms with Crippen LogP contribution in [-0.2, 0) is 5.41 Å². The first kappa shape index (κ1) is 13.7. The topological polar surface area (TPSA) is 90.4 Å². The van der Waals surface area contributed by atoms with Gasteiger partial charge in [0, 0.05) is 5.41 Å². The van der Waals surface area contributed by atoms with Crippen LogP contribution in [-0.4, -0.2) is 20.8 Å². The number of rotatable bonds is 1. The number of alkyl halides is 1. The molecule has 0 spiro atoms. The molecular weight excluding hydrogens is 292 g/mol. The summed E-state index contributed by atoms with van der Waals surface area (Å²) in [6.45, 7) is 4.12. The van der Waals surface area contributed by atoms with Gasteiger partial charge in [0.1, 0.15) is 11.6 Å². The molecule has 0 radical (unpaired) electrons. The lowest BCUT2D eigenvalue weighted by atomic mass is 9.90. The van der Waals surface area contributed by atoms with E-state index in [1.54, 1.807) is 10.6 Å². The lowest BCUT2D eigenvalue weighted by Gasteiger charge is -2.19. The number of hydrogen-bond donors (Lipinski definition) is 2. The number of pyridine rings is 1. The molecule has 7 heteroatoms. The van der Waals surface area contributed by atoms with Gasteiger partial charge in [-0.25, -0.2) is 9.31 Å². The quantitative estimate of drug-likeness (QED) is 0.791. The summed E-state index contributed by atoms with van der Waals surface area (Å²) in [7, 11) is 0. The van der Waals surface area contributed by atoms with Crippen LogP contribution in [0.1, 0.15) is 42.5 Å². The van der Waals surface area contributed by atoms with Gasteiger partial charge in [0.05, 0.1) is 16.6 Å². The van der Waals surface area contributed by atoms with Gasteiger partial charge in [-0.3, -0.25) is 5.32 Å². The molecule has 3 rings (SSSR count). The summed E-state index contributed by atoms with van der Waals surface area (Å²) in [5, 5.41) is 24.5. The first-order valence-corrected chi connectivity index (χ1v) is 6.89. The molecule has 6 nitrogen and oxygen atoms in total. The van der Waals surface area contributed by atoms with E-state index in [1.165, 1.54) is 0 Å². The minimum atomic E-state index is -1.25. The maximum Gasteiger partial charge on any atom is 0.410 e. The van der Waals surface area contributed by atoms with E-state index >= 15 is 0 Å². The standard InChI is InChI=1S/C14H13ClN4O2/c1-14(2)5-9(15)7-3-4-10-8(6-16)12(17-13(20)21)18-19(10)11(7)14/h3-4,9H,5H2,1-2H3,(H,17,18)(H,20,21). The van der Waals surface area contributed by atoms with Crippen LogP contribution in [0.3, 0.4) is 0 Å². The normalized spacial score (nSPS) is 19.2. The van der Waals surface area contributed by atoms with Gasteiger partial charge in [-0.1, -0.05) is 19.9 Å². The first-order valence-electron chi connectivity index (χ1n) is 6.45. The van der Waals surface area contributed by atoms with Crippen LogP contribution in [0.4, 0.5) is 10.6 Å². The molecule has 21 heavy (non-hydrogen) atoms. The molecular formula is C14H13ClN4O2. The van der Waals surface area contributed by atoms with Gasteiger partial charge in [-0.15, -0.1) is 16.7 Å². The molecule has 1 aliphatic carbocycles. The van der Waals surface area contributed by atoms with Gasteiger partial charge < -0.3 is 5.11 Å². The van der Waals surface area contributed by atoms with Crippen molar-refractivity contribution in [3.63, 3.8) is 0 Å². The summed E-state index contributed by atoms with van der Waals surface area (Å²) < 4.78 is 1.64. The SMILES string of the molecule is CC1(C)CC(Cl)c2ccc3c(C#N)c(NC(=O)O)nn3c21. The lowest BCUT2D eigenvalue weighted by molar-refractivity contribution is 0.209. The number of anilines is 1. The second-order valence-electron chi connectivity index (χ2n) is 5.76. The number of aromatic nitrogens is 2. The zero-order valence-corrected chi connectivity index (χ0v) is 12.3. The maximum absolute atomic E-state index is 10.8. The highest BCUT2D eigenvalue weighted by molar-refractivity contribution is 6.21. The zero-order chi connectivity index (χ0) is 15.4. The third-order valence-corrected chi connectivity index (χ3v) is 4.22. The third-order valence-electron chi connectivity index (χ3n) is 3.83. The highest BCUT2D eigenvalue weighted by Crippen LogP contribution is 2.48. The fourth-order valence-corrected chi connectivity index (χ4v) is 3.57. The maximum atomic E-state index is 10.8. The molecule has 0 bridgehead atoms. The Kier molecular flexibility index (Phi) is 2.85. The number of carbonyl (C=O) groups is 1. The van der Waals surface area contributed by atoms with Crippen LogP contribution in [0.2, 0.25) is 0 Å². The Balaban J connectivity index is 2.34. The van der Waals surface area contributed by atoms with Crippen molar-refractivity contribution in [3.8, 4) is 6.07 Å². The van der Waals surface area contributed by atoms with Crippen molar-refractivity contribution < 1.29 is 9.90 Å². The van der Waals surface area contributed by atoms with Crippen LogP contribution in [0.25, 0.3) is 5.52 Å². The molecule has 108 valence electrons. The number of fused-ring (bicyclic) bond motifs is 3. The summed E-state index contributed by atoms with van der Waals surface area (Å²) in [4.78, 5) is 10.8. The number of halogens is 1.